The molecule has 168 valence electrons. The number of hydrogen-bond donors (Lipinski definition) is 1. The molecule has 1 atom stereocenters. The number of hydrogen-bond acceptors (Lipinski definition) is 4. The molecular formula is C25H34N2O4. The van der Waals surface area contributed by atoms with Crippen molar-refractivity contribution < 1.29 is 19.1 Å². The smallest absolute Gasteiger partial charge is 0.242 e. The van der Waals surface area contributed by atoms with E-state index in [1.54, 1.807) is 18.9 Å². The van der Waals surface area contributed by atoms with Crippen LogP contribution >= 0.6 is 0 Å². The van der Waals surface area contributed by atoms with E-state index in [-0.39, 0.29) is 11.8 Å². The van der Waals surface area contributed by atoms with Gasteiger partial charge in [0.05, 0.1) is 13.7 Å². The van der Waals surface area contributed by atoms with Crippen molar-refractivity contribution >= 4 is 11.8 Å². The normalized spacial score (nSPS) is 11.5. The minimum Gasteiger partial charge on any atom is -0.497 e. The van der Waals surface area contributed by atoms with Crippen LogP contribution in [-0.4, -0.2) is 43.0 Å². The van der Waals surface area contributed by atoms with E-state index in [1.165, 1.54) is 0 Å². The molecule has 0 heterocycles. The summed E-state index contributed by atoms with van der Waals surface area (Å²) in [4.78, 5) is 27.2. The first kappa shape index (κ1) is 24.3. The maximum absolute atomic E-state index is 13.0. The molecule has 2 aromatic carbocycles. The monoisotopic (exact) mass is 426 g/mol. The van der Waals surface area contributed by atoms with Crippen LogP contribution in [-0.2, 0) is 16.1 Å². The highest BCUT2D eigenvalue weighted by molar-refractivity contribution is 5.87. The van der Waals surface area contributed by atoms with E-state index in [0.717, 1.165) is 29.9 Å². The van der Waals surface area contributed by atoms with Crippen LogP contribution in [0.15, 0.2) is 54.6 Å². The Hall–Kier alpha value is -3.02. The Morgan fingerprint density at radius 3 is 2.32 bits per heavy atom. The van der Waals surface area contributed by atoms with Crippen LogP contribution in [0.25, 0.3) is 0 Å². The molecule has 0 saturated heterocycles. The lowest BCUT2D eigenvalue weighted by Gasteiger charge is -2.29. The lowest BCUT2D eigenvalue weighted by molar-refractivity contribution is -0.140. The Morgan fingerprint density at radius 2 is 1.68 bits per heavy atom. The van der Waals surface area contributed by atoms with Gasteiger partial charge in [-0.1, -0.05) is 43.7 Å². The van der Waals surface area contributed by atoms with Gasteiger partial charge >= 0.3 is 0 Å². The maximum atomic E-state index is 13.0. The van der Waals surface area contributed by atoms with Crippen LogP contribution in [0.4, 0.5) is 0 Å². The molecule has 2 aromatic rings. The molecule has 1 N–H and O–H groups in total. The van der Waals surface area contributed by atoms with Crippen LogP contribution in [0.5, 0.6) is 11.5 Å². The van der Waals surface area contributed by atoms with Crippen LogP contribution < -0.4 is 14.8 Å². The highest BCUT2D eigenvalue weighted by atomic mass is 16.5. The number of rotatable bonds is 13. The first-order valence-corrected chi connectivity index (χ1v) is 10.9. The molecule has 0 bridgehead atoms. The summed E-state index contributed by atoms with van der Waals surface area (Å²) in [5.74, 6) is 1.33. The van der Waals surface area contributed by atoms with E-state index in [2.05, 4.69) is 12.2 Å². The van der Waals surface area contributed by atoms with Crippen LogP contribution in [0.3, 0.4) is 0 Å². The standard InChI is InChI=1S/C25H34N2O4/c1-4-5-17-26-25(29)20(2)27(19-21-10-7-6-8-11-21)24(28)12-9-18-31-23-15-13-22(30-3)14-16-23/h6-8,10-11,13-16,20H,4-5,9,12,17-19H2,1-3H3,(H,26,29). The van der Waals surface area contributed by atoms with Crippen molar-refractivity contribution in [2.75, 3.05) is 20.3 Å². The summed E-state index contributed by atoms with van der Waals surface area (Å²) in [7, 11) is 1.62. The molecule has 6 nitrogen and oxygen atoms in total. The summed E-state index contributed by atoms with van der Waals surface area (Å²) in [5.41, 5.74) is 0.999. The molecule has 0 aliphatic carbocycles. The van der Waals surface area contributed by atoms with Crippen LogP contribution in [0.1, 0.15) is 45.1 Å². The molecule has 1 unspecified atom stereocenters. The molecule has 2 rings (SSSR count). The second-order valence-corrected chi connectivity index (χ2v) is 7.46. The number of carbonyl (C=O) groups is 2. The Labute approximate surface area is 185 Å². The number of methoxy groups -OCH3 is 1. The third-order valence-corrected chi connectivity index (χ3v) is 5.06. The number of nitrogens with zero attached hydrogens (tertiary/aromatic N) is 1. The third kappa shape index (κ3) is 8.32. The predicted octanol–water partition coefficient (Wildman–Crippen LogP) is 4.19. The summed E-state index contributed by atoms with van der Waals surface area (Å²) in [6.07, 6.45) is 2.82. The first-order chi connectivity index (χ1) is 15.0. The van der Waals surface area contributed by atoms with Crippen LogP contribution in [0, 0.1) is 0 Å². The van der Waals surface area contributed by atoms with Gasteiger partial charge in [-0.15, -0.1) is 0 Å². The Morgan fingerprint density at radius 1 is 1.00 bits per heavy atom. The number of carbonyl (C=O) groups excluding carboxylic acids is 2. The molecule has 31 heavy (non-hydrogen) atoms. The number of nitrogens with one attached hydrogen (secondary N) is 1. The highest BCUT2D eigenvalue weighted by Gasteiger charge is 2.25. The van der Waals surface area contributed by atoms with Gasteiger partial charge in [0, 0.05) is 19.5 Å². The lowest BCUT2D eigenvalue weighted by atomic mass is 10.1. The number of amides is 2. The van der Waals surface area contributed by atoms with Crippen molar-refractivity contribution in [3.63, 3.8) is 0 Å². The van der Waals surface area contributed by atoms with Gasteiger partial charge in [-0.2, -0.15) is 0 Å². The molecule has 0 spiro atoms. The molecule has 2 amide bonds. The minimum absolute atomic E-state index is 0.0553. The predicted molar refractivity (Wildman–Crippen MR) is 122 cm³/mol. The van der Waals surface area contributed by atoms with Crippen molar-refractivity contribution in [2.24, 2.45) is 0 Å². The van der Waals surface area contributed by atoms with Crippen molar-refractivity contribution in [3.05, 3.63) is 60.2 Å². The second-order valence-electron chi connectivity index (χ2n) is 7.46. The average Bonchev–Trinajstić information content (AvgIpc) is 2.80. The van der Waals surface area contributed by atoms with Gasteiger partial charge in [-0.05, 0) is 49.6 Å². The van der Waals surface area contributed by atoms with Crippen molar-refractivity contribution in [3.8, 4) is 11.5 Å². The molecular weight excluding hydrogens is 392 g/mol. The summed E-state index contributed by atoms with van der Waals surface area (Å²) >= 11 is 0. The van der Waals surface area contributed by atoms with Gasteiger partial charge in [-0.3, -0.25) is 9.59 Å². The van der Waals surface area contributed by atoms with Gasteiger partial charge in [-0.25, -0.2) is 0 Å². The quantitative estimate of drug-likeness (QED) is 0.488. The van der Waals surface area contributed by atoms with E-state index >= 15 is 0 Å². The van der Waals surface area contributed by atoms with E-state index in [4.69, 9.17) is 9.47 Å². The maximum Gasteiger partial charge on any atom is 0.242 e. The minimum atomic E-state index is -0.535. The molecule has 6 heteroatoms. The van der Waals surface area contributed by atoms with Gasteiger partial charge in [0.25, 0.3) is 0 Å². The van der Waals surface area contributed by atoms with E-state index in [0.29, 0.717) is 32.5 Å². The number of ether oxygens (including phenoxy) is 2. The summed E-state index contributed by atoms with van der Waals surface area (Å²) < 4.78 is 10.9. The molecule has 0 aliphatic heterocycles. The zero-order valence-corrected chi connectivity index (χ0v) is 18.8. The summed E-state index contributed by atoms with van der Waals surface area (Å²) in [6, 6.07) is 16.6. The number of benzene rings is 2. The van der Waals surface area contributed by atoms with Crippen molar-refractivity contribution in [1.82, 2.24) is 10.2 Å². The zero-order chi connectivity index (χ0) is 22.5. The van der Waals surface area contributed by atoms with E-state index < -0.39 is 6.04 Å². The van der Waals surface area contributed by atoms with E-state index in [1.807, 2.05) is 54.6 Å². The van der Waals surface area contributed by atoms with E-state index in [9.17, 15) is 9.59 Å². The Bertz CT molecular complexity index is 793. The third-order valence-electron chi connectivity index (χ3n) is 5.06. The SMILES string of the molecule is CCCCNC(=O)C(C)N(Cc1ccccc1)C(=O)CCCOc1ccc(OC)cc1. The lowest BCUT2D eigenvalue weighted by Crippen LogP contribution is -2.47. The largest absolute Gasteiger partial charge is 0.497 e. The van der Waals surface area contributed by atoms with Gasteiger partial charge in [0.2, 0.25) is 11.8 Å². The van der Waals surface area contributed by atoms with Crippen molar-refractivity contribution in [2.45, 2.75) is 52.1 Å². The Kier molecular flexibility index (Phi) is 10.4. The fourth-order valence-corrected chi connectivity index (χ4v) is 3.13. The molecule has 0 aliphatic rings. The second kappa shape index (κ2) is 13.3. The Balaban J connectivity index is 1.92. The molecule has 0 radical (unpaired) electrons. The molecule has 0 aromatic heterocycles. The first-order valence-electron chi connectivity index (χ1n) is 10.9. The van der Waals surface area contributed by atoms with Gasteiger partial charge in [0.1, 0.15) is 17.5 Å². The van der Waals surface area contributed by atoms with Crippen LogP contribution in [0.2, 0.25) is 0 Å². The highest BCUT2D eigenvalue weighted by Crippen LogP contribution is 2.17. The summed E-state index contributed by atoms with van der Waals surface area (Å²) in [6.45, 7) is 5.32. The fraction of sp³-hybridized carbons (Fsp3) is 0.440. The topological polar surface area (TPSA) is 67.9 Å². The summed E-state index contributed by atoms with van der Waals surface area (Å²) in [5, 5.41) is 2.93. The fourth-order valence-electron chi connectivity index (χ4n) is 3.13. The average molecular weight is 427 g/mol. The number of unbranched alkanes of at least 4 members (excludes halogenated alkanes) is 1. The van der Waals surface area contributed by atoms with Gasteiger partial charge < -0.3 is 19.7 Å². The van der Waals surface area contributed by atoms with Gasteiger partial charge in [0.15, 0.2) is 0 Å². The zero-order valence-electron chi connectivity index (χ0n) is 18.8. The van der Waals surface area contributed by atoms with Crippen molar-refractivity contribution in [1.29, 1.82) is 0 Å². The molecule has 0 saturated carbocycles. The molecule has 0 fully saturated rings.